The maximum absolute atomic E-state index is 5.49. The molecular formula is C21H44ClN. The fourth-order valence-electron chi connectivity index (χ4n) is 2.80. The Morgan fingerprint density at radius 1 is 0.609 bits per heavy atom. The van der Waals surface area contributed by atoms with Crippen LogP contribution in [0.4, 0.5) is 0 Å². The third-order valence-corrected chi connectivity index (χ3v) is 4.29. The standard InChI is InChI=1S/C21H43N.ClH/c1-21(2,3)19-17-15-13-11-9-7-5-4-6-8-10-12-14-16-18-20-22;/h4-5H,6-20,22H2,1-3H3;1H. The largest absolute Gasteiger partial charge is 0.330 e. The smallest absolute Gasteiger partial charge is 0.00773 e. The molecule has 0 aliphatic rings. The van der Waals surface area contributed by atoms with Crippen molar-refractivity contribution >= 4 is 12.4 Å². The second kappa shape index (κ2) is 18.3. The lowest BCUT2D eigenvalue weighted by molar-refractivity contribution is 0.356. The summed E-state index contributed by atoms with van der Waals surface area (Å²) >= 11 is 0. The molecule has 0 aromatic rings. The molecule has 0 amide bonds. The Balaban J connectivity index is 0. The average molecular weight is 346 g/mol. The van der Waals surface area contributed by atoms with Crippen molar-refractivity contribution in [2.45, 2.75) is 111 Å². The summed E-state index contributed by atoms with van der Waals surface area (Å²) in [4.78, 5) is 0. The van der Waals surface area contributed by atoms with Crippen LogP contribution in [0.5, 0.6) is 0 Å². The third kappa shape index (κ3) is 24.4. The summed E-state index contributed by atoms with van der Waals surface area (Å²) in [6.45, 7) is 7.90. The van der Waals surface area contributed by atoms with Gasteiger partial charge in [0.25, 0.3) is 0 Å². The molecule has 0 aliphatic carbocycles. The normalized spacial score (nSPS) is 11.8. The molecule has 2 N–H and O–H groups in total. The number of hydrogen-bond acceptors (Lipinski definition) is 1. The lowest BCUT2D eigenvalue weighted by Gasteiger charge is -2.17. The van der Waals surface area contributed by atoms with Crippen molar-refractivity contribution in [3.05, 3.63) is 12.2 Å². The van der Waals surface area contributed by atoms with Crippen molar-refractivity contribution in [3.8, 4) is 0 Å². The van der Waals surface area contributed by atoms with E-state index in [-0.39, 0.29) is 12.4 Å². The van der Waals surface area contributed by atoms with Gasteiger partial charge in [-0.1, -0.05) is 84.3 Å². The van der Waals surface area contributed by atoms with E-state index in [2.05, 4.69) is 32.9 Å². The molecule has 0 rings (SSSR count). The second-order valence-electron chi connectivity index (χ2n) is 8.04. The number of hydrogen-bond donors (Lipinski definition) is 1. The molecule has 23 heavy (non-hydrogen) atoms. The van der Waals surface area contributed by atoms with Crippen LogP contribution in [0.15, 0.2) is 12.2 Å². The van der Waals surface area contributed by atoms with Crippen molar-refractivity contribution in [2.75, 3.05) is 6.54 Å². The fourth-order valence-corrected chi connectivity index (χ4v) is 2.80. The van der Waals surface area contributed by atoms with Gasteiger partial charge in [0.05, 0.1) is 0 Å². The Hall–Kier alpha value is -0.0100. The highest BCUT2D eigenvalue weighted by Gasteiger charge is 2.08. The van der Waals surface area contributed by atoms with Gasteiger partial charge in [-0.05, 0) is 50.5 Å². The molecule has 2 heteroatoms. The average Bonchev–Trinajstić information content (AvgIpc) is 2.45. The van der Waals surface area contributed by atoms with Gasteiger partial charge in [-0.25, -0.2) is 0 Å². The molecule has 140 valence electrons. The van der Waals surface area contributed by atoms with E-state index in [4.69, 9.17) is 5.73 Å². The van der Waals surface area contributed by atoms with Gasteiger partial charge < -0.3 is 5.73 Å². The minimum atomic E-state index is 0. The summed E-state index contributed by atoms with van der Waals surface area (Å²) < 4.78 is 0. The highest BCUT2D eigenvalue weighted by molar-refractivity contribution is 5.85. The molecule has 0 heterocycles. The maximum Gasteiger partial charge on any atom is -0.00773 e. The minimum Gasteiger partial charge on any atom is -0.330 e. The van der Waals surface area contributed by atoms with Crippen LogP contribution in [0.25, 0.3) is 0 Å². The summed E-state index contributed by atoms with van der Waals surface area (Å²) in [5.74, 6) is 0. The molecule has 0 aromatic carbocycles. The lowest BCUT2D eigenvalue weighted by Crippen LogP contribution is -2.03. The Morgan fingerprint density at radius 3 is 1.43 bits per heavy atom. The highest BCUT2D eigenvalue weighted by atomic mass is 35.5. The molecule has 0 saturated heterocycles. The molecule has 0 aromatic heterocycles. The minimum absolute atomic E-state index is 0. The number of allylic oxidation sites excluding steroid dienone is 2. The predicted octanol–water partition coefficient (Wildman–Crippen LogP) is 7.43. The first-order valence-corrected chi connectivity index (χ1v) is 9.91. The van der Waals surface area contributed by atoms with E-state index >= 15 is 0 Å². The Kier molecular flexibility index (Phi) is 20.1. The van der Waals surface area contributed by atoms with E-state index < -0.39 is 0 Å². The zero-order chi connectivity index (χ0) is 16.5. The zero-order valence-corrected chi connectivity index (χ0v) is 17.1. The van der Waals surface area contributed by atoms with Crippen LogP contribution in [-0.2, 0) is 0 Å². The van der Waals surface area contributed by atoms with Crippen molar-refractivity contribution < 1.29 is 0 Å². The summed E-state index contributed by atoms with van der Waals surface area (Å²) in [6, 6.07) is 0. The SMILES string of the molecule is CC(C)(C)CCCCCCCC=CCCCCCCCCN.Cl. The fraction of sp³-hybridized carbons (Fsp3) is 0.905. The molecule has 0 unspecified atom stereocenters. The Bertz CT molecular complexity index is 243. The summed E-state index contributed by atoms with van der Waals surface area (Å²) in [6.07, 6.45) is 23.8. The van der Waals surface area contributed by atoms with Crippen LogP contribution in [0.3, 0.4) is 0 Å². The monoisotopic (exact) mass is 345 g/mol. The number of halogens is 1. The van der Waals surface area contributed by atoms with Crippen molar-refractivity contribution in [1.29, 1.82) is 0 Å². The second-order valence-corrected chi connectivity index (χ2v) is 8.04. The van der Waals surface area contributed by atoms with Gasteiger partial charge in [-0.3, -0.25) is 0 Å². The molecule has 0 atom stereocenters. The number of unbranched alkanes of at least 4 members (excludes halogenated alkanes) is 11. The van der Waals surface area contributed by atoms with Gasteiger partial charge in [-0.15, -0.1) is 12.4 Å². The number of rotatable bonds is 15. The summed E-state index contributed by atoms with van der Waals surface area (Å²) in [5, 5.41) is 0. The summed E-state index contributed by atoms with van der Waals surface area (Å²) in [5.41, 5.74) is 6.01. The molecule has 0 radical (unpaired) electrons. The zero-order valence-electron chi connectivity index (χ0n) is 16.2. The van der Waals surface area contributed by atoms with Gasteiger partial charge in [-0.2, -0.15) is 0 Å². The van der Waals surface area contributed by atoms with Crippen molar-refractivity contribution in [3.63, 3.8) is 0 Å². The molecule has 0 spiro atoms. The van der Waals surface area contributed by atoms with E-state index in [0.717, 1.165) is 6.54 Å². The first-order chi connectivity index (χ1) is 10.6. The molecule has 0 aliphatic heterocycles. The van der Waals surface area contributed by atoms with Gasteiger partial charge >= 0.3 is 0 Å². The van der Waals surface area contributed by atoms with Gasteiger partial charge in [0.1, 0.15) is 0 Å². The van der Waals surface area contributed by atoms with Crippen LogP contribution in [0, 0.1) is 5.41 Å². The summed E-state index contributed by atoms with van der Waals surface area (Å²) in [7, 11) is 0. The Labute approximate surface area is 153 Å². The topological polar surface area (TPSA) is 26.0 Å². The van der Waals surface area contributed by atoms with Gasteiger partial charge in [0, 0.05) is 0 Å². The molecular weight excluding hydrogens is 302 g/mol. The van der Waals surface area contributed by atoms with E-state index in [9.17, 15) is 0 Å². The van der Waals surface area contributed by atoms with Crippen LogP contribution < -0.4 is 5.73 Å². The van der Waals surface area contributed by atoms with E-state index in [0.29, 0.717) is 5.41 Å². The maximum atomic E-state index is 5.49. The first kappa shape index (κ1) is 25.2. The van der Waals surface area contributed by atoms with Gasteiger partial charge in [0.15, 0.2) is 0 Å². The molecule has 1 nitrogen and oxygen atoms in total. The Morgan fingerprint density at radius 2 is 1.00 bits per heavy atom. The third-order valence-electron chi connectivity index (χ3n) is 4.29. The quantitative estimate of drug-likeness (QED) is 0.242. The first-order valence-electron chi connectivity index (χ1n) is 9.91. The number of nitrogens with two attached hydrogens (primary N) is 1. The van der Waals surface area contributed by atoms with Crippen LogP contribution >= 0.6 is 12.4 Å². The lowest BCUT2D eigenvalue weighted by atomic mass is 9.89. The van der Waals surface area contributed by atoms with Crippen LogP contribution in [0.2, 0.25) is 0 Å². The van der Waals surface area contributed by atoms with Crippen molar-refractivity contribution in [1.82, 2.24) is 0 Å². The van der Waals surface area contributed by atoms with Crippen molar-refractivity contribution in [2.24, 2.45) is 11.1 Å². The van der Waals surface area contributed by atoms with Crippen LogP contribution in [-0.4, -0.2) is 6.54 Å². The van der Waals surface area contributed by atoms with E-state index in [1.807, 2.05) is 0 Å². The highest BCUT2D eigenvalue weighted by Crippen LogP contribution is 2.22. The predicted molar refractivity (Wildman–Crippen MR) is 110 cm³/mol. The van der Waals surface area contributed by atoms with Gasteiger partial charge in [0.2, 0.25) is 0 Å². The van der Waals surface area contributed by atoms with Crippen LogP contribution in [0.1, 0.15) is 111 Å². The van der Waals surface area contributed by atoms with E-state index in [1.165, 1.54) is 89.9 Å². The molecule has 0 bridgehead atoms. The molecule has 0 fully saturated rings. The molecule has 0 saturated carbocycles. The van der Waals surface area contributed by atoms with E-state index in [1.54, 1.807) is 0 Å².